The van der Waals surface area contributed by atoms with Gasteiger partial charge in [-0.2, -0.15) is 0 Å². The summed E-state index contributed by atoms with van der Waals surface area (Å²) in [6.07, 6.45) is 7.18. The van der Waals surface area contributed by atoms with Gasteiger partial charge in [-0.15, -0.1) is 0 Å². The van der Waals surface area contributed by atoms with E-state index in [1.165, 1.54) is 38.6 Å². The van der Waals surface area contributed by atoms with E-state index in [0.29, 0.717) is 24.2 Å². The van der Waals surface area contributed by atoms with Crippen LogP contribution < -0.4 is 5.32 Å². The van der Waals surface area contributed by atoms with Crippen LogP contribution in [0.15, 0.2) is 0 Å². The molecule has 1 saturated carbocycles. The Morgan fingerprint density at radius 2 is 2.05 bits per heavy atom. The molecule has 0 aromatic carbocycles. The van der Waals surface area contributed by atoms with Crippen LogP contribution in [0.2, 0.25) is 0 Å². The molecule has 3 heteroatoms. The lowest BCUT2D eigenvalue weighted by atomic mass is 9.92. The van der Waals surface area contributed by atoms with Crippen LogP contribution in [0.4, 0.5) is 0 Å². The maximum Gasteiger partial charge on any atom is 0.0759 e. The van der Waals surface area contributed by atoms with Crippen molar-refractivity contribution in [2.75, 3.05) is 19.7 Å². The number of hydrogen-bond acceptors (Lipinski definition) is 3. The molecule has 4 unspecified atom stereocenters. The van der Waals surface area contributed by atoms with Crippen LogP contribution in [-0.2, 0) is 4.74 Å². The molecule has 3 fully saturated rings. The summed E-state index contributed by atoms with van der Waals surface area (Å²) in [5.41, 5.74) is 0. The third-order valence-corrected chi connectivity index (χ3v) is 5.50. The molecule has 1 N–H and O–H groups in total. The van der Waals surface area contributed by atoms with Gasteiger partial charge in [-0.05, 0) is 37.5 Å². The number of nitrogens with one attached hydrogen (secondary N) is 1. The Hall–Kier alpha value is -0.120. The average Bonchev–Trinajstić information content (AvgIpc) is 3.16. The fraction of sp³-hybridized carbons (Fsp3) is 1.00. The average molecular weight is 280 g/mol. The summed E-state index contributed by atoms with van der Waals surface area (Å²) in [7, 11) is 0. The molecule has 1 aliphatic carbocycles. The van der Waals surface area contributed by atoms with Gasteiger partial charge in [0.1, 0.15) is 0 Å². The maximum absolute atomic E-state index is 6.10. The molecule has 116 valence electrons. The molecule has 4 atom stereocenters. The lowest BCUT2D eigenvalue weighted by molar-refractivity contribution is -0.000598. The van der Waals surface area contributed by atoms with Gasteiger partial charge >= 0.3 is 0 Å². The van der Waals surface area contributed by atoms with Crippen molar-refractivity contribution >= 4 is 0 Å². The van der Waals surface area contributed by atoms with Gasteiger partial charge in [-0.3, -0.25) is 4.90 Å². The van der Waals surface area contributed by atoms with Crippen molar-refractivity contribution < 1.29 is 4.74 Å². The van der Waals surface area contributed by atoms with Crippen molar-refractivity contribution in [3.05, 3.63) is 0 Å². The van der Waals surface area contributed by atoms with Crippen molar-refractivity contribution in [1.82, 2.24) is 10.2 Å². The van der Waals surface area contributed by atoms with Crippen molar-refractivity contribution in [3.8, 4) is 0 Å². The molecule has 0 amide bonds. The van der Waals surface area contributed by atoms with Crippen molar-refractivity contribution in [2.45, 2.75) is 77.1 Å². The van der Waals surface area contributed by atoms with Crippen LogP contribution in [0.3, 0.4) is 0 Å². The Labute approximate surface area is 124 Å². The third-order valence-electron chi connectivity index (χ3n) is 5.50. The van der Waals surface area contributed by atoms with Gasteiger partial charge in [0, 0.05) is 37.8 Å². The van der Waals surface area contributed by atoms with Crippen LogP contribution >= 0.6 is 0 Å². The molecule has 2 saturated heterocycles. The second kappa shape index (κ2) is 6.33. The van der Waals surface area contributed by atoms with Crippen LogP contribution in [0.25, 0.3) is 0 Å². The van der Waals surface area contributed by atoms with E-state index < -0.39 is 0 Å². The van der Waals surface area contributed by atoms with Crippen LogP contribution in [-0.4, -0.2) is 48.8 Å². The minimum Gasteiger partial charge on any atom is -0.376 e. The highest BCUT2D eigenvalue weighted by molar-refractivity contribution is 4.99. The summed E-state index contributed by atoms with van der Waals surface area (Å²) < 4.78 is 6.10. The zero-order chi connectivity index (χ0) is 14.1. The van der Waals surface area contributed by atoms with Gasteiger partial charge in [0.15, 0.2) is 0 Å². The lowest BCUT2D eigenvalue weighted by Gasteiger charge is -2.46. The van der Waals surface area contributed by atoms with E-state index in [4.69, 9.17) is 4.74 Å². The van der Waals surface area contributed by atoms with Crippen LogP contribution in [0.1, 0.15) is 52.9 Å². The Kier molecular flexibility index (Phi) is 4.68. The predicted molar refractivity (Wildman–Crippen MR) is 82.9 cm³/mol. The Morgan fingerprint density at radius 1 is 1.25 bits per heavy atom. The van der Waals surface area contributed by atoms with E-state index in [1.54, 1.807) is 0 Å². The standard InChI is InChI=1S/C17H32N2O/c1-4-5-14-11-19(16(10-18-14)12(2)3)15-8-9-20-17(15)13-6-7-13/h12-18H,4-11H2,1-3H3. The summed E-state index contributed by atoms with van der Waals surface area (Å²) in [5.74, 6) is 1.60. The highest BCUT2D eigenvalue weighted by Crippen LogP contribution is 2.41. The molecule has 0 aromatic rings. The summed E-state index contributed by atoms with van der Waals surface area (Å²) in [4.78, 5) is 2.83. The van der Waals surface area contributed by atoms with E-state index >= 15 is 0 Å². The van der Waals surface area contributed by atoms with Crippen molar-refractivity contribution in [2.24, 2.45) is 11.8 Å². The van der Waals surface area contributed by atoms with Gasteiger partial charge in [-0.25, -0.2) is 0 Å². The molecule has 3 rings (SSSR count). The van der Waals surface area contributed by atoms with Crippen molar-refractivity contribution in [3.63, 3.8) is 0 Å². The van der Waals surface area contributed by atoms with E-state index in [9.17, 15) is 0 Å². The van der Waals surface area contributed by atoms with Crippen molar-refractivity contribution in [1.29, 1.82) is 0 Å². The topological polar surface area (TPSA) is 24.5 Å². The molecule has 2 heterocycles. The Balaban J connectivity index is 1.71. The molecule has 0 aromatic heterocycles. The molecule has 0 radical (unpaired) electrons. The minimum absolute atomic E-state index is 0.539. The molecule has 20 heavy (non-hydrogen) atoms. The predicted octanol–water partition coefficient (Wildman–Crippen LogP) is 2.65. The lowest BCUT2D eigenvalue weighted by Crippen LogP contribution is -2.62. The largest absolute Gasteiger partial charge is 0.376 e. The number of ether oxygens (including phenoxy) is 1. The zero-order valence-electron chi connectivity index (χ0n) is 13.5. The number of piperazine rings is 1. The van der Waals surface area contributed by atoms with E-state index in [1.807, 2.05) is 0 Å². The van der Waals surface area contributed by atoms with Gasteiger partial charge in [0.2, 0.25) is 0 Å². The Morgan fingerprint density at radius 3 is 2.70 bits per heavy atom. The third kappa shape index (κ3) is 3.05. The number of hydrogen-bond donors (Lipinski definition) is 1. The minimum atomic E-state index is 0.539. The fourth-order valence-electron chi connectivity index (χ4n) is 4.23. The van der Waals surface area contributed by atoms with E-state index in [0.717, 1.165) is 25.0 Å². The quantitative estimate of drug-likeness (QED) is 0.838. The molecular formula is C17H32N2O. The highest BCUT2D eigenvalue weighted by atomic mass is 16.5. The zero-order valence-corrected chi connectivity index (χ0v) is 13.5. The van der Waals surface area contributed by atoms with Gasteiger partial charge in [-0.1, -0.05) is 27.2 Å². The van der Waals surface area contributed by atoms with Crippen LogP contribution in [0.5, 0.6) is 0 Å². The molecule has 3 aliphatic rings. The molecule has 0 bridgehead atoms. The Bertz CT molecular complexity index is 316. The summed E-state index contributed by atoms with van der Waals surface area (Å²) in [6, 6.07) is 2.07. The first-order valence-electron chi connectivity index (χ1n) is 8.81. The fourth-order valence-corrected chi connectivity index (χ4v) is 4.23. The van der Waals surface area contributed by atoms with Gasteiger partial charge in [0.25, 0.3) is 0 Å². The first-order chi connectivity index (χ1) is 9.70. The molecular weight excluding hydrogens is 248 g/mol. The van der Waals surface area contributed by atoms with Gasteiger partial charge in [0.05, 0.1) is 6.10 Å². The first kappa shape index (κ1) is 14.8. The number of rotatable bonds is 5. The normalized spacial score (nSPS) is 39.6. The summed E-state index contributed by atoms with van der Waals surface area (Å²) >= 11 is 0. The maximum atomic E-state index is 6.10. The first-order valence-corrected chi connectivity index (χ1v) is 8.81. The highest BCUT2D eigenvalue weighted by Gasteiger charge is 2.46. The second-order valence-electron chi connectivity index (χ2n) is 7.43. The monoisotopic (exact) mass is 280 g/mol. The van der Waals surface area contributed by atoms with Gasteiger partial charge < -0.3 is 10.1 Å². The number of nitrogens with zero attached hydrogens (tertiary/aromatic N) is 1. The SMILES string of the molecule is CCCC1CN(C2CCOC2C2CC2)C(C(C)C)CN1. The van der Waals surface area contributed by atoms with Crippen LogP contribution in [0, 0.1) is 11.8 Å². The second-order valence-corrected chi connectivity index (χ2v) is 7.43. The summed E-state index contributed by atoms with van der Waals surface area (Å²) in [5, 5.41) is 3.78. The molecule has 0 spiro atoms. The molecule has 3 nitrogen and oxygen atoms in total. The smallest absolute Gasteiger partial charge is 0.0759 e. The molecule has 2 aliphatic heterocycles. The summed E-state index contributed by atoms with van der Waals surface area (Å²) in [6.45, 7) is 10.4. The van der Waals surface area contributed by atoms with E-state index in [-0.39, 0.29) is 0 Å². The van der Waals surface area contributed by atoms with E-state index in [2.05, 4.69) is 31.0 Å².